The standard InChI is InChI=1S/C17H21NO4/c19-16(9-12-4-7-22-8-5-12)18-6-3-13-1-2-14(17(20)21)10-15(13)11-18/h1-2,10,12H,3-9,11H2,(H,20,21). The first kappa shape index (κ1) is 15.0. The molecule has 0 saturated carbocycles. The summed E-state index contributed by atoms with van der Waals surface area (Å²) >= 11 is 0. The maximum atomic E-state index is 12.5. The van der Waals surface area contributed by atoms with Gasteiger partial charge in [0.05, 0.1) is 5.56 Å². The van der Waals surface area contributed by atoms with E-state index in [0.717, 1.165) is 50.1 Å². The van der Waals surface area contributed by atoms with Gasteiger partial charge in [0.1, 0.15) is 0 Å². The predicted octanol–water partition coefficient (Wildman–Crippen LogP) is 2.09. The van der Waals surface area contributed by atoms with Crippen molar-refractivity contribution in [2.24, 2.45) is 5.92 Å². The summed E-state index contributed by atoms with van der Waals surface area (Å²) in [5.41, 5.74) is 2.41. The summed E-state index contributed by atoms with van der Waals surface area (Å²) in [4.78, 5) is 25.4. The van der Waals surface area contributed by atoms with Gasteiger partial charge in [0.25, 0.3) is 0 Å². The van der Waals surface area contributed by atoms with Crippen LogP contribution in [0.2, 0.25) is 0 Å². The van der Waals surface area contributed by atoms with Crippen molar-refractivity contribution >= 4 is 11.9 Å². The first-order chi connectivity index (χ1) is 10.6. The van der Waals surface area contributed by atoms with Crippen LogP contribution in [-0.2, 0) is 22.5 Å². The maximum absolute atomic E-state index is 12.5. The monoisotopic (exact) mass is 303 g/mol. The number of carbonyl (C=O) groups is 2. The van der Waals surface area contributed by atoms with E-state index in [1.54, 1.807) is 12.1 Å². The van der Waals surface area contributed by atoms with E-state index >= 15 is 0 Å². The average Bonchev–Trinajstić information content (AvgIpc) is 2.54. The molecular formula is C17H21NO4. The van der Waals surface area contributed by atoms with Crippen LogP contribution in [0.5, 0.6) is 0 Å². The number of hydrogen-bond acceptors (Lipinski definition) is 3. The maximum Gasteiger partial charge on any atom is 0.335 e. The molecule has 2 aliphatic heterocycles. The van der Waals surface area contributed by atoms with E-state index in [2.05, 4.69) is 0 Å². The number of hydrogen-bond donors (Lipinski definition) is 1. The van der Waals surface area contributed by atoms with Gasteiger partial charge in [0.15, 0.2) is 0 Å². The molecule has 0 unspecified atom stereocenters. The lowest BCUT2D eigenvalue weighted by atomic mass is 9.94. The Kier molecular flexibility index (Phi) is 4.43. The summed E-state index contributed by atoms with van der Waals surface area (Å²) in [7, 11) is 0. The highest BCUT2D eigenvalue weighted by atomic mass is 16.5. The number of carbonyl (C=O) groups excluding carboxylic acids is 1. The molecule has 0 atom stereocenters. The molecule has 118 valence electrons. The molecule has 3 rings (SSSR count). The van der Waals surface area contributed by atoms with E-state index in [9.17, 15) is 9.59 Å². The highest BCUT2D eigenvalue weighted by Gasteiger charge is 2.25. The van der Waals surface area contributed by atoms with Gasteiger partial charge in [0.2, 0.25) is 5.91 Å². The Morgan fingerprint density at radius 3 is 2.73 bits per heavy atom. The molecule has 1 N–H and O–H groups in total. The van der Waals surface area contributed by atoms with Gasteiger partial charge in [-0.2, -0.15) is 0 Å². The normalized spacial score (nSPS) is 18.8. The van der Waals surface area contributed by atoms with Crippen LogP contribution in [0.1, 0.15) is 40.7 Å². The Balaban J connectivity index is 1.66. The van der Waals surface area contributed by atoms with Crippen LogP contribution >= 0.6 is 0 Å². The van der Waals surface area contributed by atoms with Gasteiger partial charge < -0.3 is 14.7 Å². The molecule has 1 saturated heterocycles. The third-order valence-corrected chi connectivity index (χ3v) is 4.62. The number of benzene rings is 1. The zero-order valence-electron chi connectivity index (χ0n) is 12.6. The number of carboxylic acids is 1. The van der Waals surface area contributed by atoms with Crippen LogP contribution in [0, 0.1) is 5.92 Å². The molecule has 22 heavy (non-hydrogen) atoms. The minimum absolute atomic E-state index is 0.179. The molecule has 0 aliphatic carbocycles. The molecule has 1 aromatic carbocycles. The zero-order chi connectivity index (χ0) is 15.5. The zero-order valence-corrected chi connectivity index (χ0v) is 12.6. The Hall–Kier alpha value is -1.88. The second kappa shape index (κ2) is 6.48. The molecule has 0 radical (unpaired) electrons. The molecule has 0 bridgehead atoms. The van der Waals surface area contributed by atoms with Gasteiger partial charge in [-0.3, -0.25) is 4.79 Å². The second-order valence-corrected chi connectivity index (χ2v) is 6.11. The van der Waals surface area contributed by atoms with Crippen LogP contribution in [0.15, 0.2) is 18.2 Å². The summed E-state index contributed by atoms with van der Waals surface area (Å²) in [5.74, 6) is -0.320. The lowest BCUT2D eigenvalue weighted by Gasteiger charge is -2.31. The van der Waals surface area contributed by atoms with Crippen molar-refractivity contribution in [2.45, 2.75) is 32.2 Å². The lowest BCUT2D eigenvalue weighted by molar-refractivity contribution is -0.133. The number of carboxylic acid groups (broad SMARTS) is 1. The molecule has 0 spiro atoms. The SMILES string of the molecule is O=C(O)c1ccc2c(c1)CN(C(=O)CC1CCOCC1)CC2. The highest BCUT2D eigenvalue weighted by Crippen LogP contribution is 2.24. The number of ether oxygens (including phenoxy) is 1. The van der Waals surface area contributed by atoms with Crippen molar-refractivity contribution in [2.75, 3.05) is 19.8 Å². The van der Waals surface area contributed by atoms with E-state index in [-0.39, 0.29) is 11.5 Å². The largest absolute Gasteiger partial charge is 0.478 e. The Morgan fingerprint density at radius 2 is 2.00 bits per heavy atom. The fraction of sp³-hybridized carbons (Fsp3) is 0.529. The van der Waals surface area contributed by atoms with E-state index < -0.39 is 5.97 Å². The Bertz CT molecular complexity index is 578. The van der Waals surface area contributed by atoms with E-state index in [1.165, 1.54) is 0 Å². The van der Waals surface area contributed by atoms with E-state index in [1.807, 2.05) is 11.0 Å². The van der Waals surface area contributed by atoms with Crippen molar-refractivity contribution in [3.63, 3.8) is 0 Å². The van der Waals surface area contributed by atoms with Gasteiger partial charge in [-0.25, -0.2) is 4.79 Å². The van der Waals surface area contributed by atoms with E-state index in [4.69, 9.17) is 9.84 Å². The van der Waals surface area contributed by atoms with Crippen LogP contribution < -0.4 is 0 Å². The smallest absolute Gasteiger partial charge is 0.335 e. The quantitative estimate of drug-likeness (QED) is 0.928. The summed E-state index contributed by atoms with van der Waals surface area (Å²) < 4.78 is 5.33. The molecule has 1 aromatic rings. The summed E-state index contributed by atoms with van der Waals surface area (Å²) in [5, 5.41) is 9.09. The average molecular weight is 303 g/mol. The molecule has 2 aliphatic rings. The Morgan fingerprint density at radius 1 is 1.23 bits per heavy atom. The fourth-order valence-electron chi connectivity index (χ4n) is 3.23. The Labute approximate surface area is 129 Å². The number of nitrogens with zero attached hydrogens (tertiary/aromatic N) is 1. The van der Waals surface area contributed by atoms with Crippen molar-refractivity contribution in [3.8, 4) is 0 Å². The van der Waals surface area contributed by atoms with E-state index in [0.29, 0.717) is 18.9 Å². The second-order valence-electron chi connectivity index (χ2n) is 6.11. The molecular weight excluding hydrogens is 282 g/mol. The summed E-state index contributed by atoms with van der Waals surface area (Å²) in [6, 6.07) is 5.21. The molecule has 5 heteroatoms. The van der Waals surface area contributed by atoms with Crippen molar-refractivity contribution < 1.29 is 19.4 Å². The lowest BCUT2D eigenvalue weighted by Crippen LogP contribution is -2.37. The minimum atomic E-state index is -0.923. The fourth-order valence-corrected chi connectivity index (χ4v) is 3.23. The molecule has 1 fully saturated rings. The van der Waals surface area contributed by atoms with Crippen molar-refractivity contribution in [1.82, 2.24) is 4.90 Å². The predicted molar refractivity (Wildman–Crippen MR) is 80.7 cm³/mol. The number of rotatable bonds is 3. The topological polar surface area (TPSA) is 66.8 Å². The molecule has 1 amide bonds. The molecule has 5 nitrogen and oxygen atoms in total. The highest BCUT2D eigenvalue weighted by molar-refractivity contribution is 5.88. The first-order valence-corrected chi connectivity index (χ1v) is 7.84. The van der Waals surface area contributed by atoms with Gasteiger partial charge >= 0.3 is 5.97 Å². The number of fused-ring (bicyclic) bond motifs is 1. The van der Waals surface area contributed by atoms with Crippen LogP contribution in [-0.4, -0.2) is 41.6 Å². The number of amides is 1. The third kappa shape index (κ3) is 3.30. The summed E-state index contributed by atoms with van der Waals surface area (Å²) in [6.07, 6.45) is 3.30. The third-order valence-electron chi connectivity index (χ3n) is 4.62. The number of aromatic carboxylic acids is 1. The van der Waals surface area contributed by atoms with Gasteiger partial charge in [0, 0.05) is 32.7 Å². The van der Waals surface area contributed by atoms with Crippen LogP contribution in [0.25, 0.3) is 0 Å². The van der Waals surface area contributed by atoms with Crippen molar-refractivity contribution in [1.29, 1.82) is 0 Å². The molecule has 2 heterocycles. The molecule has 0 aromatic heterocycles. The van der Waals surface area contributed by atoms with Crippen LogP contribution in [0.4, 0.5) is 0 Å². The van der Waals surface area contributed by atoms with Gasteiger partial charge in [-0.05, 0) is 48.4 Å². The van der Waals surface area contributed by atoms with Gasteiger partial charge in [-0.15, -0.1) is 0 Å². The van der Waals surface area contributed by atoms with Crippen LogP contribution in [0.3, 0.4) is 0 Å². The van der Waals surface area contributed by atoms with Gasteiger partial charge in [-0.1, -0.05) is 6.07 Å². The first-order valence-electron chi connectivity index (χ1n) is 7.84. The summed E-state index contributed by atoms with van der Waals surface area (Å²) in [6.45, 7) is 2.76. The van der Waals surface area contributed by atoms with Crippen molar-refractivity contribution in [3.05, 3.63) is 34.9 Å². The minimum Gasteiger partial charge on any atom is -0.478 e.